The van der Waals surface area contributed by atoms with Gasteiger partial charge in [-0.1, -0.05) is 0 Å². The molecule has 1 fully saturated rings. The van der Waals surface area contributed by atoms with Crippen LogP contribution in [0.5, 0.6) is 0 Å². The van der Waals surface area contributed by atoms with Crippen LogP contribution in [0.1, 0.15) is 16.8 Å². The van der Waals surface area contributed by atoms with Crippen molar-refractivity contribution in [3.63, 3.8) is 0 Å². The van der Waals surface area contributed by atoms with Crippen molar-refractivity contribution >= 4 is 34.9 Å². The molecule has 250 valence electrons. The van der Waals surface area contributed by atoms with Crippen molar-refractivity contribution in [1.82, 2.24) is 44.4 Å². The summed E-state index contributed by atoms with van der Waals surface area (Å²) in [6.07, 6.45) is -2.62. The number of aromatic nitrogens is 8. The van der Waals surface area contributed by atoms with E-state index in [9.17, 15) is 26.3 Å². The standard InChI is InChI=1S/C15H20F3N7O.C11H13F3N6/c1-19-13-12(15(16,17)18)9-20-14(23-13)22-11-8-21-25(10-11)3-2-24-4-6-26-7-5-24;1-6-8(5-17-20(6)3)18-10-16-4-7(11(12,13)14)9(15-2)19-10/h8-10H,2-7H2,1H3,(H2,19,20,22,23);4-5H,1-3H3,(H2,15,16,18,19). The molecule has 4 aromatic rings. The van der Waals surface area contributed by atoms with E-state index in [-0.39, 0.29) is 23.5 Å². The highest BCUT2D eigenvalue weighted by atomic mass is 19.4. The van der Waals surface area contributed by atoms with Crippen LogP contribution in [0, 0.1) is 6.92 Å². The van der Waals surface area contributed by atoms with Gasteiger partial charge in [-0.15, -0.1) is 0 Å². The largest absolute Gasteiger partial charge is 0.421 e. The van der Waals surface area contributed by atoms with E-state index in [1.165, 1.54) is 14.1 Å². The SMILES string of the molecule is CNc1nc(Nc2cnn(C)c2C)ncc1C(F)(F)F.CNc1nc(Nc2cnn(CCN3CCOCC3)c2)ncc1C(F)(F)F. The number of nitrogens with one attached hydrogen (secondary N) is 4. The molecule has 0 radical (unpaired) electrons. The third-order valence-corrected chi connectivity index (χ3v) is 6.78. The molecule has 5 rings (SSSR count). The van der Waals surface area contributed by atoms with Gasteiger partial charge in [-0.2, -0.15) is 46.5 Å². The Hall–Kier alpha value is -4.72. The lowest BCUT2D eigenvalue weighted by atomic mass is 10.3. The smallest absolute Gasteiger partial charge is 0.379 e. The van der Waals surface area contributed by atoms with E-state index in [1.807, 2.05) is 6.92 Å². The average Bonchev–Trinajstić information content (AvgIpc) is 3.60. The summed E-state index contributed by atoms with van der Waals surface area (Å²) in [5.41, 5.74) is 0.239. The summed E-state index contributed by atoms with van der Waals surface area (Å²) in [6.45, 7) is 6.66. The fourth-order valence-electron chi connectivity index (χ4n) is 4.17. The zero-order chi connectivity index (χ0) is 33.5. The molecule has 1 aliphatic rings. The molecule has 0 spiro atoms. The molecule has 0 bridgehead atoms. The van der Waals surface area contributed by atoms with Crippen molar-refractivity contribution in [3.8, 4) is 0 Å². The second kappa shape index (κ2) is 14.6. The van der Waals surface area contributed by atoms with Gasteiger partial charge in [0.2, 0.25) is 11.9 Å². The van der Waals surface area contributed by atoms with Gasteiger partial charge in [0.1, 0.15) is 22.8 Å². The predicted molar refractivity (Wildman–Crippen MR) is 157 cm³/mol. The van der Waals surface area contributed by atoms with E-state index >= 15 is 0 Å². The van der Waals surface area contributed by atoms with Crippen LogP contribution in [-0.2, 0) is 30.7 Å². The van der Waals surface area contributed by atoms with Crippen LogP contribution in [0.2, 0.25) is 0 Å². The van der Waals surface area contributed by atoms with Crippen molar-refractivity contribution in [2.45, 2.75) is 25.8 Å². The van der Waals surface area contributed by atoms with Crippen molar-refractivity contribution in [2.75, 3.05) is 68.2 Å². The van der Waals surface area contributed by atoms with Crippen molar-refractivity contribution in [2.24, 2.45) is 7.05 Å². The van der Waals surface area contributed by atoms with E-state index in [1.54, 1.807) is 35.0 Å². The van der Waals surface area contributed by atoms with Crippen LogP contribution in [0.25, 0.3) is 0 Å². The van der Waals surface area contributed by atoms with Crippen LogP contribution in [0.3, 0.4) is 0 Å². The molecule has 0 atom stereocenters. The zero-order valence-corrected chi connectivity index (χ0v) is 25.3. The Bertz CT molecular complexity index is 1580. The van der Waals surface area contributed by atoms with Crippen molar-refractivity contribution in [3.05, 3.63) is 47.8 Å². The number of aryl methyl sites for hydroxylation is 1. The molecule has 0 aliphatic carbocycles. The topological polar surface area (TPSA) is 148 Å². The number of anilines is 6. The molecule has 4 N–H and O–H groups in total. The number of halogens is 6. The second-order valence-electron chi connectivity index (χ2n) is 9.87. The first-order valence-electron chi connectivity index (χ1n) is 13.9. The minimum absolute atomic E-state index is 0.0649. The molecule has 0 saturated carbocycles. The summed E-state index contributed by atoms with van der Waals surface area (Å²) in [5, 5.41) is 18.8. The fourth-order valence-corrected chi connectivity index (χ4v) is 4.17. The fraction of sp³-hybridized carbons (Fsp3) is 0.462. The van der Waals surface area contributed by atoms with Gasteiger partial charge < -0.3 is 26.0 Å². The maximum atomic E-state index is 12.9. The molecular weight excluding hydrogens is 624 g/mol. The third kappa shape index (κ3) is 8.93. The highest BCUT2D eigenvalue weighted by Gasteiger charge is 2.36. The molecule has 1 saturated heterocycles. The number of ether oxygens (including phenoxy) is 1. The lowest BCUT2D eigenvalue weighted by molar-refractivity contribution is -0.138. The van der Waals surface area contributed by atoms with Crippen LogP contribution in [0.4, 0.5) is 61.2 Å². The first-order chi connectivity index (χ1) is 21.8. The normalized spacial score (nSPS) is 14.0. The first kappa shape index (κ1) is 34.2. The Morgan fingerprint density at radius 2 is 1.35 bits per heavy atom. The number of rotatable bonds is 9. The summed E-state index contributed by atoms with van der Waals surface area (Å²) in [7, 11) is 4.51. The van der Waals surface area contributed by atoms with Crippen LogP contribution in [0.15, 0.2) is 31.0 Å². The first-order valence-corrected chi connectivity index (χ1v) is 13.9. The lowest BCUT2D eigenvalue weighted by Crippen LogP contribution is -2.38. The highest BCUT2D eigenvalue weighted by molar-refractivity contribution is 5.58. The van der Waals surface area contributed by atoms with E-state index in [0.717, 1.165) is 50.9 Å². The third-order valence-electron chi connectivity index (χ3n) is 6.78. The van der Waals surface area contributed by atoms with E-state index in [0.29, 0.717) is 17.9 Å². The summed E-state index contributed by atoms with van der Waals surface area (Å²) in [5.74, 6) is -0.431. The average molecular weight is 658 g/mol. The second-order valence-corrected chi connectivity index (χ2v) is 9.87. The Morgan fingerprint density at radius 1 is 0.783 bits per heavy atom. The van der Waals surface area contributed by atoms with Gasteiger partial charge in [-0.05, 0) is 6.92 Å². The van der Waals surface area contributed by atoms with Gasteiger partial charge in [-0.25, -0.2) is 9.97 Å². The van der Waals surface area contributed by atoms with Crippen molar-refractivity contribution in [1.29, 1.82) is 0 Å². The Balaban J connectivity index is 0.000000216. The molecule has 4 aromatic heterocycles. The lowest BCUT2D eigenvalue weighted by Gasteiger charge is -2.26. The molecule has 46 heavy (non-hydrogen) atoms. The van der Waals surface area contributed by atoms with E-state index in [2.05, 4.69) is 56.3 Å². The van der Waals surface area contributed by atoms with Gasteiger partial charge >= 0.3 is 12.4 Å². The molecule has 20 heteroatoms. The molecule has 1 aliphatic heterocycles. The number of hydrogen-bond acceptors (Lipinski definition) is 12. The minimum atomic E-state index is -4.51. The van der Waals surface area contributed by atoms with Gasteiger partial charge in [0.15, 0.2) is 0 Å². The van der Waals surface area contributed by atoms with Crippen LogP contribution < -0.4 is 21.3 Å². The number of hydrogen-bond donors (Lipinski definition) is 4. The number of alkyl halides is 6. The summed E-state index contributed by atoms with van der Waals surface area (Å²) < 4.78 is 85.4. The molecule has 0 aromatic carbocycles. The molecule has 0 unspecified atom stereocenters. The molecular formula is C26H33F6N13O. The monoisotopic (exact) mass is 657 g/mol. The van der Waals surface area contributed by atoms with Crippen LogP contribution in [-0.4, -0.2) is 91.3 Å². The Kier molecular flexibility index (Phi) is 10.8. The maximum Gasteiger partial charge on any atom is 0.421 e. The predicted octanol–water partition coefficient (Wildman–Crippen LogP) is 4.13. The molecule has 5 heterocycles. The quantitative estimate of drug-likeness (QED) is 0.192. The van der Waals surface area contributed by atoms with Crippen LogP contribution >= 0.6 is 0 Å². The Labute approximate surface area is 259 Å². The van der Waals surface area contributed by atoms with Gasteiger partial charge in [0.05, 0.1) is 49.2 Å². The van der Waals surface area contributed by atoms with E-state index < -0.39 is 23.5 Å². The van der Waals surface area contributed by atoms with Gasteiger partial charge in [-0.3, -0.25) is 14.3 Å². The highest BCUT2D eigenvalue weighted by Crippen LogP contribution is 2.35. The van der Waals surface area contributed by atoms with Gasteiger partial charge in [0, 0.05) is 59.4 Å². The van der Waals surface area contributed by atoms with Crippen molar-refractivity contribution < 1.29 is 31.1 Å². The summed E-state index contributed by atoms with van der Waals surface area (Å²) in [4.78, 5) is 17.4. The summed E-state index contributed by atoms with van der Waals surface area (Å²) in [6, 6.07) is 0. The zero-order valence-electron chi connectivity index (χ0n) is 25.3. The van der Waals surface area contributed by atoms with Gasteiger partial charge in [0.25, 0.3) is 0 Å². The summed E-state index contributed by atoms with van der Waals surface area (Å²) >= 11 is 0. The maximum absolute atomic E-state index is 12.9. The molecule has 14 nitrogen and oxygen atoms in total. The number of morpholine rings is 1. The molecule has 0 amide bonds. The van der Waals surface area contributed by atoms with E-state index in [4.69, 9.17) is 4.74 Å². The Morgan fingerprint density at radius 3 is 1.85 bits per heavy atom. The minimum Gasteiger partial charge on any atom is -0.379 e. The number of nitrogens with zero attached hydrogens (tertiary/aromatic N) is 9.